The molecule has 5 nitrogen and oxygen atoms in total. The zero-order valence-corrected chi connectivity index (χ0v) is 16.0. The number of ether oxygens (including phenoxy) is 1. The number of amides is 1. The van der Waals surface area contributed by atoms with E-state index in [1.165, 1.54) is 19.1 Å². The molecule has 0 aliphatic rings. The Labute approximate surface area is 165 Å². The van der Waals surface area contributed by atoms with Crippen molar-refractivity contribution in [1.29, 1.82) is 0 Å². The van der Waals surface area contributed by atoms with Gasteiger partial charge in [0.2, 0.25) is 5.91 Å². The summed E-state index contributed by atoms with van der Waals surface area (Å²) in [6.45, 7) is 1.59. The first kappa shape index (κ1) is 19.7. The molecule has 1 amide bonds. The van der Waals surface area contributed by atoms with Gasteiger partial charge >= 0.3 is 5.97 Å². The minimum atomic E-state index is -0.652. The van der Waals surface area contributed by atoms with Crippen LogP contribution in [0.5, 0.6) is 0 Å². The highest BCUT2D eigenvalue weighted by Crippen LogP contribution is 2.28. The molecule has 0 spiro atoms. The first-order valence-electron chi connectivity index (χ1n) is 8.66. The molecular formula is C21H18FNO4S. The Morgan fingerprint density at radius 3 is 2.54 bits per heavy atom. The second kappa shape index (κ2) is 8.75. The number of hydrogen-bond acceptors (Lipinski definition) is 5. The highest BCUT2D eigenvalue weighted by molar-refractivity contribution is 7.20. The average Bonchev–Trinajstić information content (AvgIpc) is 3.12. The minimum absolute atomic E-state index is 0.0880. The van der Waals surface area contributed by atoms with Crippen LogP contribution in [0.2, 0.25) is 0 Å². The fraction of sp³-hybridized carbons (Fsp3) is 0.190. The van der Waals surface area contributed by atoms with E-state index < -0.39 is 11.8 Å². The van der Waals surface area contributed by atoms with Crippen molar-refractivity contribution >= 4 is 39.1 Å². The van der Waals surface area contributed by atoms with Gasteiger partial charge in [0.15, 0.2) is 12.4 Å². The van der Waals surface area contributed by atoms with Crippen molar-refractivity contribution in [2.45, 2.75) is 13.3 Å². The maximum absolute atomic E-state index is 13.7. The van der Waals surface area contributed by atoms with Crippen LogP contribution in [0.3, 0.4) is 0 Å². The molecule has 2 aromatic carbocycles. The first-order valence-corrected chi connectivity index (χ1v) is 9.47. The molecule has 144 valence electrons. The molecule has 0 unspecified atom stereocenters. The van der Waals surface area contributed by atoms with Crippen molar-refractivity contribution in [2.24, 2.45) is 0 Å². The SMILES string of the molecule is CC(=O)NCCc1ccc(C(=O)COC(=O)c2cc3c(F)cccc3s2)cc1. The predicted octanol–water partition coefficient (Wildman–Crippen LogP) is 3.76. The number of carbonyl (C=O) groups is 3. The third-order valence-electron chi connectivity index (χ3n) is 4.11. The molecule has 0 aliphatic carbocycles. The third-order valence-corrected chi connectivity index (χ3v) is 5.19. The van der Waals surface area contributed by atoms with Gasteiger partial charge in [-0.25, -0.2) is 9.18 Å². The quantitative estimate of drug-likeness (QED) is 0.485. The maximum Gasteiger partial charge on any atom is 0.348 e. The van der Waals surface area contributed by atoms with Crippen molar-refractivity contribution in [3.05, 3.63) is 70.4 Å². The first-order chi connectivity index (χ1) is 13.4. The molecule has 7 heteroatoms. The van der Waals surface area contributed by atoms with Crippen molar-refractivity contribution in [3.8, 4) is 0 Å². The Morgan fingerprint density at radius 1 is 1.11 bits per heavy atom. The molecule has 0 radical (unpaired) electrons. The van der Waals surface area contributed by atoms with E-state index >= 15 is 0 Å². The molecule has 0 saturated heterocycles. The number of thiophene rings is 1. The van der Waals surface area contributed by atoms with Gasteiger partial charge in [-0.3, -0.25) is 9.59 Å². The number of Topliss-reactive ketones (excluding diaryl/α,β-unsaturated/α-hetero) is 1. The third kappa shape index (κ3) is 4.80. The summed E-state index contributed by atoms with van der Waals surface area (Å²) in [6, 6.07) is 13.0. The van der Waals surface area contributed by atoms with Gasteiger partial charge in [-0.1, -0.05) is 30.3 Å². The lowest BCUT2D eigenvalue weighted by atomic mass is 10.1. The van der Waals surface area contributed by atoms with Gasteiger partial charge in [-0.05, 0) is 30.2 Å². The van der Waals surface area contributed by atoms with Crippen LogP contribution in [0.4, 0.5) is 4.39 Å². The number of rotatable bonds is 7. The van der Waals surface area contributed by atoms with E-state index in [4.69, 9.17) is 4.74 Å². The van der Waals surface area contributed by atoms with Gasteiger partial charge in [-0.15, -0.1) is 11.3 Å². The second-order valence-electron chi connectivity index (χ2n) is 6.19. The second-order valence-corrected chi connectivity index (χ2v) is 7.28. The van der Waals surface area contributed by atoms with E-state index in [1.54, 1.807) is 36.4 Å². The number of nitrogens with one attached hydrogen (secondary N) is 1. The number of hydrogen-bond donors (Lipinski definition) is 1. The van der Waals surface area contributed by atoms with Crippen molar-refractivity contribution in [3.63, 3.8) is 0 Å². The highest BCUT2D eigenvalue weighted by Gasteiger charge is 2.16. The summed E-state index contributed by atoms with van der Waals surface area (Å²) in [6.07, 6.45) is 0.658. The Kier molecular flexibility index (Phi) is 6.16. The molecule has 1 heterocycles. The van der Waals surface area contributed by atoms with Gasteiger partial charge in [0, 0.05) is 29.1 Å². The number of ketones is 1. The fourth-order valence-electron chi connectivity index (χ4n) is 2.65. The van der Waals surface area contributed by atoms with Crippen molar-refractivity contribution in [2.75, 3.05) is 13.2 Å². The van der Waals surface area contributed by atoms with Gasteiger partial charge in [0.05, 0.1) is 0 Å². The van der Waals surface area contributed by atoms with Crippen LogP contribution in [0.1, 0.15) is 32.5 Å². The van der Waals surface area contributed by atoms with Crippen molar-refractivity contribution < 1.29 is 23.5 Å². The van der Waals surface area contributed by atoms with Gasteiger partial charge in [0.25, 0.3) is 0 Å². The average molecular weight is 399 g/mol. The molecule has 3 aromatic rings. The van der Waals surface area contributed by atoms with Crippen molar-refractivity contribution in [1.82, 2.24) is 5.32 Å². The molecular weight excluding hydrogens is 381 g/mol. The molecule has 0 atom stereocenters. The fourth-order valence-corrected chi connectivity index (χ4v) is 3.62. The molecule has 3 rings (SSSR count). The highest BCUT2D eigenvalue weighted by atomic mass is 32.1. The number of benzene rings is 2. The van der Waals surface area contributed by atoms with E-state index in [2.05, 4.69) is 5.32 Å². The molecule has 0 aliphatic heterocycles. The van der Waals surface area contributed by atoms with E-state index in [1.807, 2.05) is 0 Å². The normalized spacial score (nSPS) is 10.6. The Balaban J connectivity index is 1.56. The van der Waals surface area contributed by atoms with Gasteiger partial charge < -0.3 is 10.1 Å². The summed E-state index contributed by atoms with van der Waals surface area (Å²) in [5, 5.41) is 3.07. The lowest BCUT2D eigenvalue weighted by molar-refractivity contribution is -0.118. The number of fused-ring (bicyclic) bond motifs is 1. The molecule has 0 fully saturated rings. The van der Waals surface area contributed by atoms with Crippen LogP contribution in [-0.2, 0) is 16.0 Å². The zero-order valence-electron chi connectivity index (χ0n) is 15.2. The Hall–Kier alpha value is -3.06. The topological polar surface area (TPSA) is 72.5 Å². The summed E-state index contributed by atoms with van der Waals surface area (Å²) in [4.78, 5) is 35.5. The Morgan fingerprint density at radius 2 is 1.86 bits per heavy atom. The maximum atomic E-state index is 13.7. The summed E-state index contributed by atoms with van der Waals surface area (Å²) >= 11 is 1.12. The smallest absolute Gasteiger partial charge is 0.348 e. The van der Waals surface area contributed by atoms with Gasteiger partial charge in [-0.2, -0.15) is 0 Å². The minimum Gasteiger partial charge on any atom is -0.453 e. The van der Waals surface area contributed by atoms with Crippen LogP contribution in [0.15, 0.2) is 48.5 Å². The summed E-state index contributed by atoms with van der Waals surface area (Å²) < 4.78 is 19.5. The van der Waals surface area contributed by atoms with Crippen LogP contribution in [-0.4, -0.2) is 30.8 Å². The number of halogens is 1. The molecule has 28 heavy (non-hydrogen) atoms. The van der Waals surface area contributed by atoms with Crippen LogP contribution >= 0.6 is 11.3 Å². The zero-order chi connectivity index (χ0) is 20.1. The molecule has 0 bridgehead atoms. The summed E-state index contributed by atoms with van der Waals surface area (Å²) in [5.41, 5.74) is 1.41. The molecule has 0 saturated carbocycles. The largest absolute Gasteiger partial charge is 0.453 e. The van der Waals surface area contributed by atoms with E-state index in [0.717, 1.165) is 16.9 Å². The summed E-state index contributed by atoms with van der Waals surface area (Å²) in [7, 11) is 0. The van der Waals surface area contributed by atoms with Crippen LogP contribution in [0, 0.1) is 5.82 Å². The Bertz CT molecular complexity index is 1030. The monoisotopic (exact) mass is 399 g/mol. The van der Waals surface area contributed by atoms with E-state index in [0.29, 0.717) is 28.6 Å². The standard InChI is InChI=1S/C21H18FNO4S/c1-13(24)23-10-9-14-5-7-15(8-6-14)18(25)12-27-21(26)20-11-16-17(22)3-2-4-19(16)28-20/h2-8,11H,9-10,12H2,1H3,(H,23,24). The van der Waals surface area contributed by atoms with Gasteiger partial charge in [0.1, 0.15) is 10.7 Å². The number of carbonyl (C=O) groups excluding carboxylic acids is 3. The summed E-state index contributed by atoms with van der Waals surface area (Å²) in [5.74, 6) is -1.47. The molecule has 1 aromatic heterocycles. The molecule has 1 N–H and O–H groups in total. The number of esters is 1. The van der Waals surface area contributed by atoms with Crippen LogP contribution in [0.25, 0.3) is 10.1 Å². The van der Waals surface area contributed by atoms with E-state index in [-0.39, 0.29) is 23.2 Å². The lowest BCUT2D eigenvalue weighted by Crippen LogP contribution is -2.22. The van der Waals surface area contributed by atoms with Crippen LogP contribution < -0.4 is 5.32 Å². The van der Waals surface area contributed by atoms with E-state index in [9.17, 15) is 18.8 Å². The predicted molar refractivity (Wildman–Crippen MR) is 105 cm³/mol. The lowest BCUT2D eigenvalue weighted by Gasteiger charge is -2.05.